The van der Waals surface area contributed by atoms with Crippen molar-refractivity contribution >= 4 is 24.0 Å². The van der Waals surface area contributed by atoms with Crippen LogP contribution in [-0.2, 0) is 9.59 Å². The summed E-state index contributed by atoms with van der Waals surface area (Å²) in [5.74, 6) is 0.830. The third-order valence-corrected chi connectivity index (χ3v) is 3.33. The SMILES string of the molecule is CCSC1CC(O)N(CCC=O)C1=O. The molecule has 0 aromatic heterocycles. The normalized spacial score (nSPS) is 27.0. The number of thioether (sulfide) groups is 1. The van der Waals surface area contributed by atoms with Crippen molar-refractivity contribution in [3.05, 3.63) is 0 Å². The molecule has 1 N–H and O–H groups in total. The van der Waals surface area contributed by atoms with Gasteiger partial charge in [-0.2, -0.15) is 0 Å². The van der Waals surface area contributed by atoms with Gasteiger partial charge in [-0.05, 0) is 5.75 Å². The molecule has 1 fully saturated rings. The number of hydrogen-bond donors (Lipinski definition) is 1. The van der Waals surface area contributed by atoms with E-state index in [1.807, 2.05) is 6.92 Å². The highest BCUT2D eigenvalue weighted by atomic mass is 32.2. The summed E-state index contributed by atoms with van der Waals surface area (Å²) in [6.07, 6.45) is 0.842. The zero-order chi connectivity index (χ0) is 10.6. The maximum atomic E-state index is 11.6. The first-order valence-corrected chi connectivity index (χ1v) is 5.79. The predicted octanol–water partition coefficient (Wildman–Crippen LogP) is 0.248. The van der Waals surface area contributed by atoms with Gasteiger partial charge in [0.15, 0.2) is 0 Å². The number of hydrogen-bond acceptors (Lipinski definition) is 4. The lowest BCUT2D eigenvalue weighted by molar-refractivity contribution is -0.133. The molecule has 80 valence electrons. The molecule has 2 unspecified atom stereocenters. The highest BCUT2D eigenvalue weighted by molar-refractivity contribution is 8.00. The standard InChI is InChI=1S/C9H15NO3S/c1-2-14-7-6-8(12)10(9(7)13)4-3-5-11/h5,7-8,12H,2-4,6H2,1H3. The van der Waals surface area contributed by atoms with Crippen molar-refractivity contribution in [2.75, 3.05) is 12.3 Å². The first kappa shape index (κ1) is 11.5. The summed E-state index contributed by atoms with van der Waals surface area (Å²) < 4.78 is 0. The molecule has 14 heavy (non-hydrogen) atoms. The summed E-state index contributed by atoms with van der Waals surface area (Å²) >= 11 is 1.55. The zero-order valence-corrected chi connectivity index (χ0v) is 9.00. The lowest BCUT2D eigenvalue weighted by Crippen LogP contribution is -2.35. The third kappa shape index (κ3) is 2.48. The Balaban J connectivity index is 2.51. The van der Waals surface area contributed by atoms with Crippen LogP contribution >= 0.6 is 11.8 Å². The number of rotatable bonds is 5. The molecule has 5 heteroatoms. The van der Waals surface area contributed by atoms with Crippen LogP contribution < -0.4 is 0 Å². The number of carbonyl (C=O) groups is 2. The molecule has 0 aromatic rings. The summed E-state index contributed by atoms with van der Waals surface area (Å²) in [6, 6.07) is 0. The van der Waals surface area contributed by atoms with Gasteiger partial charge in [-0.15, -0.1) is 11.8 Å². The third-order valence-electron chi connectivity index (χ3n) is 2.20. The van der Waals surface area contributed by atoms with E-state index in [9.17, 15) is 14.7 Å². The van der Waals surface area contributed by atoms with Gasteiger partial charge in [-0.1, -0.05) is 6.92 Å². The Hall–Kier alpha value is -0.550. The van der Waals surface area contributed by atoms with Crippen molar-refractivity contribution in [3.8, 4) is 0 Å². The fraction of sp³-hybridized carbons (Fsp3) is 0.778. The van der Waals surface area contributed by atoms with Crippen molar-refractivity contribution in [3.63, 3.8) is 0 Å². The quantitative estimate of drug-likeness (QED) is 0.671. The second-order valence-electron chi connectivity index (χ2n) is 3.15. The minimum atomic E-state index is -0.702. The Morgan fingerprint density at radius 2 is 2.43 bits per heavy atom. The maximum absolute atomic E-state index is 11.6. The smallest absolute Gasteiger partial charge is 0.237 e. The van der Waals surface area contributed by atoms with Gasteiger partial charge < -0.3 is 14.8 Å². The van der Waals surface area contributed by atoms with Gasteiger partial charge in [-0.3, -0.25) is 4.79 Å². The molecule has 0 spiro atoms. The fourth-order valence-corrected chi connectivity index (χ4v) is 2.53. The second-order valence-corrected chi connectivity index (χ2v) is 4.63. The summed E-state index contributed by atoms with van der Waals surface area (Å²) in [5, 5.41) is 9.44. The van der Waals surface area contributed by atoms with Crippen molar-refractivity contribution in [1.82, 2.24) is 4.90 Å². The minimum absolute atomic E-state index is 0.0359. The molecular formula is C9H15NO3S. The molecule has 1 aliphatic heterocycles. The van der Waals surface area contributed by atoms with Gasteiger partial charge in [0.1, 0.15) is 12.5 Å². The predicted molar refractivity (Wildman–Crippen MR) is 54.9 cm³/mol. The number of aliphatic hydroxyl groups is 1. The topological polar surface area (TPSA) is 57.6 Å². The molecule has 4 nitrogen and oxygen atoms in total. The molecule has 0 aliphatic carbocycles. The molecular weight excluding hydrogens is 202 g/mol. The van der Waals surface area contributed by atoms with Crippen molar-refractivity contribution in [2.24, 2.45) is 0 Å². The number of nitrogens with zero attached hydrogens (tertiary/aromatic N) is 1. The average Bonchev–Trinajstić information content (AvgIpc) is 2.41. The molecule has 0 radical (unpaired) electrons. The lowest BCUT2D eigenvalue weighted by atomic mass is 10.3. The van der Waals surface area contributed by atoms with Crippen LogP contribution in [0.3, 0.4) is 0 Å². The second kappa shape index (κ2) is 5.36. The van der Waals surface area contributed by atoms with Crippen LogP contribution in [0.25, 0.3) is 0 Å². The van der Waals surface area contributed by atoms with Gasteiger partial charge in [0.25, 0.3) is 0 Å². The highest BCUT2D eigenvalue weighted by Gasteiger charge is 2.37. The highest BCUT2D eigenvalue weighted by Crippen LogP contribution is 2.27. The maximum Gasteiger partial charge on any atom is 0.237 e. The number of carbonyl (C=O) groups excluding carboxylic acids is 2. The number of likely N-dealkylation sites (tertiary alicyclic amines) is 1. The molecule has 1 saturated heterocycles. The van der Waals surface area contributed by atoms with Crippen molar-refractivity contribution in [2.45, 2.75) is 31.2 Å². The van der Waals surface area contributed by atoms with E-state index in [0.717, 1.165) is 12.0 Å². The van der Waals surface area contributed by atoms with Gasteiger partial charge >= 0.3 is 0 Å². The summed E-state index contributed by atoms with van der Waals surface area (Å²) in [5.41, 5.74) is 0. The Bertz CT molecular complexity index is 222. The van der Waals surface area contributed by atoms with Crippen LogP contribution in [0.5, 0.6) is 0 Å². The molecule has 1 rings (SSSR count). The van der Waals surface area contributed by atoms with E-state index >= 15 is 0 Å². The molecule has 0 saturated carbocycles. The van der Waals surface area contributed by atoms with E-state index in [4.69, 9.17) is 0 Å². The van der Waals surface area contributed by atoms with E-state index in [1.165, 1.54) is 4.90 Å². The van der Waals surface area contributed by atoms with Crippen molar-refractivity contribution < 1.29 is 14.7 Å². The van der Waals surface area contributed by atoms with Gasteiger partial charge in [0.2, 0.25) is 5.91 Å². The minimum Gasteiger partial charge on any atom is -0.373 e. The summed E-state index contributed by atoms with van der Waals surface area (Å²) in [6.45, 7) is 2.32. The van der Waals surface area contributed by atoms with Crippen LogP contribution in [0.2, 0.25) is 0 Å². The number of aliphatic hydroxyl groups excluding tert-OH is 1. The number of amides is 1. The fourth-order valence-electron chi connectivity index (χ4n) is 1.54. The Kier molecular flexibility index (Phi) is 4.41. The first-order chi connectivity index (χ1) is 6.70. The van der Waals surface area contributed by atoms with Crippen molar-refractivity contribution in [1.29, 1.82) is 0 Å². The monoisotopic (exact) mass is 217 g/mol. The van der Waals surface area contributed by atoms with E-state index in [2.05, 4.69) is 0 Å². The van der Waals surface area contributed by atoms with Gasteiger partial charge in [0.05, 0.1) is 5.25 Å². The lowest BCUT2D eigenvalue weighted by Gasteiger charge is -2.18. The van der Waals surface area contributed by atoms with E-state index in [0.29, 0.717) is 19.4 Å². The van der Waals surface area contributed by atoms with E-state index < -0.39 is 6.23 Å². The van der Waals surface area contributed by atoms with Crippen LogP contribution in [0.4, 0.5) is 0 Å². The van der Waals surface area contributed by atoms with Crippen LogP contribution in [-0.4, -0.2) is 46.0 Å². The average molecular weight is 217 g/mol. The summed E-state index contributed by atoms with van der Waals surface area (Å²) in [4.78, 5) is 23.2. The first-order valence-electron chi connectivity index (χ1n) is 4.74. The van der Waals surface area contributed by atoms with Crippen LogP contribution in [0.15, 0.2) is 0 Å². The Labute approximate surface area is 87.7 Å². The molecule has 0 bridgehead atoms. The van der Waals surface area contributed by atoms with Gasteiger partial charge in [0, 0.05) is 19.4 Å². The Morgan fingerprint density at radius 1 is 1.71 bits per heavy atom. The molecule has 1 aliphatic rings. The van der Waals surface area contributed by atoms with Crippen LogP contribution in [0, 0.1) is 0 Å². The zero-order valence-electron chi connectivity index (χ0n) is 8.18. The molecule has 2 atom stereocenters. The van der Waals surface area contributed by atoms with E-state index in [-0.39, 0.29) is 11.2 Å². The van der Waals surface area contributed by atoms with Gasteiger partial charge in [-0.25, -0.2) is 0 Å². The molecule has 0 aromatic carbocycles. The number of aldehydes is 1. The van der Waals surface area contributed by atoms with E-state index in [1.54, 1.807) is 11.8 Å². The Morgan fingerprint density at radius 3 is 3.00 bits per heavy atom. The largest absolute Gasteiger partial charge is 0.373 e. The van der Waals surface area contributed by atoms with Crippen LogP contribution in [0.1, 0.15) is 19.8 Å². The summed E-state index contributed by atoms with van der Waals surface area (Å²) in [7, 11) is 0. The molecule has 1 heterocycles. The molecule has 1 amide bonds.